The van der Waals surface area contributed by atoms with Crippen LogP contribution in [0.5, 0.6) is 17.2 Å². The second kappa shape index (κ2) is 9.31. The topological polar surface area (TPSA) is 111 Å². The summed E-state index contributed by atoms with van der Waals surface area (Å²) in [4.78, 5) is 27.5. The molecule has 180 valence electrons. The zero-order valence-electron chi connectivity index (χ0n) is 19.2. The van der Waals surface area contributed by atoms with Gasteiger partial charge in [-0.05, 0) is 41.0 Å². The number of nitrogens with two attached hydrogens (primary N) is 1. The predicted octanol–water partition coefficient (Wildman–Crippen LogP) is 3.49. The van der Waals surface area contributed by atoms with E-state index in [0.29, 0.717) is 29.4 Å². The molecule has 0 radical (unpaired) electrons. The van der Waals surface area contributed by atoms with Crippen LogP contribution in [0.1, 0.15) is 34.7 Å². The van der Waals surface area contributed by atoms with Crippen LogP contribution >= 0.6 is 0 Å². The first-order valence-electron chi connectivity index (χ1n) is 11.3. The smallest absolute Gasteiger partial charge is 0.309 e. The highest BCUT2D eigenvalue weighted by molar-refractivity contribution is 5.82. The standard InChI is InChI=1S/C27H26N2O6/c1-33-19-10-7-17(8-11-19)24-23(27(31)32)20(18-9-12-21-22(13-18)35-15-34-21)14-29(24)25(26(28)30)16-5-3-2-4-6-16/h2-13,20,23-25H,14-15H2,1H3,(H2,28,30)(H,31,32). The van der Waals surface area contributed by atoms with Crippen LogP contribution in [0.4, 0.5) is 0 Å². The summed E-state index contributed by atoms with van der Waals surface area (Å²) in [6, 6.07) is 20.6. The largest absolute Gasteiger partial charge is 0.497 e. The Morgan fingerprint density at radius 3 is 2.34 bits per heavy atom. The average molecular weight is 475 g/mol. The van der Waals surface area contributed by atoms with Gasteiger partial charge < -0.3 is 25.1 Å². The number of carbonyl (C=O) groups is 2. The summed E-state index contributed by atoms with van der Waals surface area (Å²) in [5.41, 5.74) is 8.22. The van der Waals surface area contributed by atoms with Gasteiger partial charge in [-0.25, -0.2) is 0 Å². The lowest BCUT2D eigenvalue weighted by Gasteiger charge is -2.33. The normalized spacial score (nSPS) is 22.0. The Bertz CT molecular complexity index is 1230. The molecule has 1 amide bonds. The highest BCUT2D eigenvalue weighted by Crippen LogP contribution is 2.50. The van der Waals surface area contributed by atoms with E-state index in [1.165, 1.54) is 0 Å². The monoisotopic (exact) mass is 474 g/mol. The summed E-state index contributed by atoms with van der Waals surface area (Å²) in [7, 11) is 1.57. The molecule has 0 saturated carbocycles. The molecule has 8 heteroatoms. The molecule has 8 nitrogen and oxygen atoms in total. The fraction of sp³-hybridized carbons (Fsp3) is 0.259. The Morgan fingerprint density at radius 2 is 1.69 bits per heavy atom. The second-order valence-electron chi connectivity index (χ2n) is 8.71. The van der Waals surface area contributed by atoms with Gasteiger partial charge in [0.1, 0.15) is 11.8 Å². The summed E-state index contributed by atoms with van der Waals surface area (Å²) in [5.74, 6) is -0.875. The lowest BCUT2D eigenvalue weighted by Crippen LogP contribution is -2.39. The molecule has 5 rings (SSSR count). The van der Waals surface area contributed by atoms with E-state index >= 15 is 0 Å². The van der Waals surface area contributed by atoms with Crippen LogP contribution in [0.3, 0.4) is 0 Å². The molecule has 1 fully saturated rings. The number of methoxy groups -OCH3 is 1. The number of rotatable bonds is 7. The van der Waals surface area contributed by atoms with Gasteiger partial charge in [0.05, 0.1) is 13.0 Å². The second-order valence-corrected chi connectivity index (χ2v) is 8.71. The van der Waals surface area contributed by atoms with Crippen molar-refractivity contribution < 1.29 is 28.9 Å². The maximum atomic E-state index is 12.8. The fourth-order valence-electron chi connectivity index (χ4n) is 5.26. The third kappa shape index (κ3) is 4.17. The number of amides is 1. The number of likely N-dealkylation sites (tertiary alicyclic amines) is 1. The van der Waals surface area contributed by atoms with Crippen LogP contribution in [0.2, 0.25) is 0 Å². The summed E-state index contributed by atoms with van der Waals surface area (Å²) in [6.07, 6.45) is 0. The van der Waals surface area contributed by atoms with Crippen LogP contribution in [-0.4, -0.2) is 42.3 Å². The number of hydrogen-bond donors (Lipinski definition) is 2. The third-order valence-corrected chi connectivity index (χ3v) is 6.82. The van der Waals surface area contributed by atoms with Gasteiger partial charge in [-0.1, -0.05) is 48.5 Å². The predicted molar refractivity (Wildman–Crippen MR) is 127 cm³/mol. The van der Waals surface area contributed by atoms with Crippen molar-refractivity contribution in [3.63, 3.8) is 0 Å². The van der Waals surface area contributed by atoms with E-state index in [9.17, 15) is 14.7 Å². The fourth-order valence-corrected chi connectivity index (χ4v) is 5.26. The van der Waals surface area contributed by atoms with Crippen molar-refractivity contribution in [1.29, 1.82) is 0 Å². The minimum Gasteiger partial charge on any atom is -0.497 e. The van der Waals surface area contributed by atoms with E-state index in [2.05, 4.69) is 0 Å². The van der Waals surface area contributed by atoms with Crippen molar-refractivity contribution in [2.75, 3.05) is 20.4 Å². The van der Waals surface area contributed by atoms with Crippen molar-refractivity contribution in [1.82, 2.24) is 4.90 Å². The highest BCUT2D eigenvalue weighted by atomic mass is 16.7. The van der Waals surface area contributed by atoms with E-state index < -0.39 is 35.8 Å². The molecule has 0 spiro atoms. The number of benzene rings is 3. The number of aliphatic carboxylic acids is 1. The molecule has 2 aliphatic heterocycles. The van der Waals surface area contributed by atoms with Crippen molar-refractivity contribution >= 4 is 11.9 Å². The van der Waals surface area contributed by atoms with E-state index in [4.69, 9.17) is 19.9 Å². The number of carboxylic acids is 1. The molecule has 3 aromatic rings. The van der Waals surface area contributed by atoms with Crippen molar-refractivity contribution in [2.45, 2.75) is 18.0 Å². The number of fused-ring (bicyclic) bond motifs is 1. The van der Waals surface area contributed by atoms with E-state index in [1.54, 1.807) is 25.3 Å². The summed E-state index contributed by atoms with van der Waals surface area (Å²) in [6.45, 7) is 0.444. The Kier molecular flexibility index (Phi) is 6.05. The number of primary amides is 1. The average Bonchev–Trinajstić information content (AvgIpc) is 3.49. The molecule has 2 aliphatic rings. The molecule has 4 unspecified atom stereocenters. The van der Waals surface area contributed by atoms with Crippen molar-refractivity contribution in [2.24, 2.45) is 11.7 Å². The highest BCUT2D eigenvalue weighted by Gasteiger charge is 2.51. The summed E-state index contributed by atoms with van der Waals surface area (Å²) >= 11 is 0. The molecular formula is C27H26N2O6. The Morgan fingerprint density at radius 1 is 1.00 bits per heavy atom. The Labute approximate surface area is 202 Å². The maximum Gasteiger partial charge on any atom is 0.309 e. The minimum absolute atomic E-state index is 0.129. The van der Waals surface area contributed by atoms with Gasteiger partial charge in [-0.2, -0.15) is 0 Å². The van der Waals surface area contributed by atoms with Gasteiger partial charge in [0, 0.05) is 18.5 Å². The molecule has 4 atom stereocenters. The van der Waals surface area contributed by atoms with E-state index in [-0.39, 0.29) is 6.79 Å². The first-order valence-corrected chi connectivity index (χ1v) is 11.3. The third-order valence-electron chi connectivity index (χ3n) is 6.82. The SMILES string of the molecule is COc1ccc(C2C(C(=O)O)C(c3ccc4c(c3)OCO4)CN2C(C(N)=O)c2ccccc2)cc1. The number of ether oxygens (including phenoxy) is 3. The van der Waals surface area contributed by atoms with E-state index in [1.807, 2.05) is 59.5 Å². The number of carbonyl (C=O) groups excluding carboxylic acids is 1. The molecule has 0 bridgehead atoms. The number of nitrogens with zero attached hydrogens (tertiary/aromatic N) is 1. The Balaban J connectivity index is 1.64. The first-order chi connectivity index (χ1) is 17.0. The number of hydrogen-bond acceptors (Lipinski definition) is 6. The lowest BCUT2D eigenvalue weighted by atomic mass is 9.82. The van der Waals surface area contributed by atoms with Crippen molar-refractivity contribution in [3.8, 4) is 17.2 Å². The molecule has 0 aliphatic carbocycles. The lowest BCUT2D eigenvalue weighted by molar-refractivity contribution is -0.143. The molecule has 3 aromatic carbocycles. The van der Waals surface area contributed by atoms with Crippen LogP contribution in [0.15, 0.2) is 72.8 Å². The van der Waals surface area contributed by atoms with Gasteiger partial charge in [0.15, 0.2) is 11.5 Å². The zero-order valence-corrected chi connectivity index (χ0v) is 19.2. The minimum atomic E-state index is -0.952. The van der Waals surface area contributed by atoms with Crippen LogP contribution in [0, 0.1) is 5.92 Å². The van der Waals surface area contributed by atoms with Crippen molar-refractivity contribution in [3.05, 3.63) is 89.5 Å². The molecule has 2 heterocycles. The van der Waals surface area contributed by atoms with Crippen LogP contribution < -0.4 is 19.9 Å². The molecule has 35 heavy (non-hydrogen) atoms. The Hall–Kier alpha value is -4.04. The summed E-state index contributed by atoms with van der Waals surface area (Å²) < 4.78 is 16.3. The molecule has 3 N–H and O–H groups in total. The summed E-state index contributed by atoms with van der Waals surface area (Å²) in [5, 5.41) is 10.5. The van der Waals surface area contributed by atoms with E-state index in [0.717, 1.165) is 11.1 Å². The zero-order chi connectivity index (χ0) is 24.5. The van der Waals surface area contributed by atoms with Gasteiger partial charge in [0.2, 0.25) is 12.7 Å². The van der Waals surface area contributed by atoms with Gasteiger partial charge >= 0.3 is 5.97 Å². The first kappa shape index (κ1) is 22.7. The molecular weight excluding hydrogens is 448 g/mol. The maximum absolute atomic E-state index is 12.8. The van der Waals surface area contributed by atoms with Crippen LogP contribution in [0.25, 0.3) is 0 Å². The molecule has 0 aromatic heterocycles. The van der Waals surface area contributed by atoms with Gasteiger partial charge in [-0.15, -0.1) is 0 Å². The van der Waals surface area contributed by atoms with Gasteiger partial charge in [-0.3, -0.25) is 14.5 Å². The van der Waals surface area contributed by atoms with Crippen LogP contribution in [-0.2, 0) is 9.59 Å². The molecule has 1 saturated heterocycles. The van der Waals surface area contributed by atoms with Gasteiger partial charge in [0.25, 0.3) is 0 Å². The quantitative estimate of drug-likeness (QED) is 0.539. The number of carboxylic acid groups (broad SMARTS) is 1.